The van der Waals surface area contributed by atoms with Crippen LogP contribution in [0.4, 0.5) is 5.69 Å². The van der Waals surface area contributed by atoms with Gasteiger partial charge >= 0.3 is 5.97 Å². The van der Waals surface area contributed by atoms with E-state index in [1.807, 2.05) is 31.2 Å². The minimum Gasteiger partial charge on any atom is -0.461 e. The van der Waals surface area contributed by atoms with E-state index in [4.69, 9.17) is 4.74 Å². The molecule has 0 saturated heterocycles. The zero-order chi connectivity index (χ0) is 15.9. The molecule has 0 unspecified atom stereocenters. The average Bonchev–Trinajstić information content (AvgIpc) is 2.97. The molecule has 0 aliphatic heterocycles. The Hall–Kier alpha value is -2.28. The highest BCUT2D eigenvalue weighted by Gasteiger charge is 2.11. The third-order valence-corrected chi connectivity index (χ3v) is 3.61. The third-order valence-electron chi connectivity index (χ3n) is 2.72. The Morgan fingerprint density at radius 1 is 1.32 bits per heavy atom. The summed E-state index contributed by atoms with van der Waals surface area (Å²) < 4.78 is 4.86. The van der Waals surface area contributed by atoms with E-state index in [-0.39, 0.29) is 17.4 Å². The number of carbonyl (C=O) groups is 2. The summed E-state index contributed by atoms with van der Waals surface area (Å²) >= 11 is 1.22. The van der Waals surface area contributed by atoms with Gasteiger partial charge in [-0.2, -0.15) is 0 Å². The molecule has 0 radical (unpaired) electrons. The monoisotopic (exact) mass is 319 g/mol. The van der Waals surface area contributed by atoms with Crippen LogP contribution in [0.15, 0.2) is 35.6 Å². The number of hydrogen-bond donors (Lipinski definition) is 2. The number of aromatic nitrogens is 2. The maximum absolute atomic E-state index is 11.8. The van der Waals surface area contributed by atoms with E-state index in [1.54, 1.807) is 6.92 Å². The number of rotatable bonds is 6. The summed E-state index contributed by atoms with van der Waals surface area (Å²) in [5.41, 5.74) is 2.17. The van der Waals surface area contributed by atoms with Gasteiger partial charge in [0.25, 0.3) is 0 Å². The van der Waals surface area contributed by atoms with Crippen LogP contribution in [0.5, 0.6) is 0 Å². The first-order chi connectivity index (χ1) is 10.6. The topological polar surface area (TPSA) is 84.1 Å². The number of aromatic amines is 1. The number of carbonyl (C=O) groups excluding carboxylic acids is 2. The predicted molar refractivity (Wildman–Crippen MR) is 85.1 cm³/mol. The Morgan fingerprint density at radius 3 is 2.73 bits per heavy atom. The van der Waals surface area contributed by atoms with Crippen LogP contribution in [0.25, 0.3) is 0 Å². The largest absolute Gasteiger partial charge is 0.461 e. The molecule has 0 atom stereocenters. The molecule has 0 bridgehead atoms. The van der Waals surface area contributed by atoms with Gasteiger partial charge < -0.3 is 15.0 Å². The molecule has 2 aromatic rings. The number of aryl methyl sites for hydroxylation is 1. The molecule has 0 fully saturated rings. The molecule has 1 aromatic carbocycles. The van der Waals surface area contributed by atoms with E-state index >= 15 is 0 Å². The Balaban J connectivity index is 1.83. The van der Waals surface area contributed by atoms with Gasteiger partial charge in [-0.3, -0.25) is 4.79 Å². The number of thioether (sulfide) groups is 1. The first-order valence-corrected chi connectivity index (χ1v) is 7.78. The summed E-state index contributed by atoms with van der Waals surface area (Å²) in [5.74, 6) is -0.391. The Labute approximate surface area is 132 Å². The van der Waals surface area contributed by atoms with Gasteiger partial charge in [0.05, 0.1) is 18.6 Å². The third kappa shape index (κ3) is 4.63. The summed E-state index contributed by atoms with van der Waals surface area (Å²) in [7, 11) is 0. The zero-order valence-corrected chi connectivity index (χ0v) is 13.2. The quantitative estimate of drug-likeness (QED) is 0.631. The summed E-state index contributed by atoms with van der Waals surface area (Å²) in [6.45, 7) is 4.03. The van der Waals surface area contributed by atoms with Crippen molar-refractivity contribution in [3.63, 3.8) is 0 Å². The van der Waals surface area contributed by atoms with Crippen molar-refractivity contribution in [1.82, 2.24) is 9.97 Å². The van der Waals surface area contributed by atoms with E-state index in [1.165, 1.54) is 18.0 Å². The van der Waals surface area contributed by atoms with Crippen molar-refractivity contribution in [2.45, 2.75) is 19.0 Å². The fourth-order valence-corrected chi connectivity index (χ4v) is 2.31. The normalized spacial score (nSPS) is 10.3. The summed E-state index contributed by atoms with van der Waals surface area (Å²) in [5, 5.41) is 3.30. The second-order valence-corrected chi connectivity index (χ2v) is 5.49. The maximum Gasteiger partial charge on any atom is 0.356 e. The first kappa shape index (κ1) is 16.1. The average molecular weight is 319 g/mol. The molecule has 0 saturated carbocycles. The second-order valence-electron chi connectivity index (χ2n) is 4.53. The van der Waals surface area contributed by atoms with Crippen LogP contribution in [0, 0.1) is 6.92 Å². The lowest BCUT2D eigenvalue weighted by atomic mass is 10.2. The number of hydrogen-bond acceptors (Lipinski definition) is 5. The molecule has 0 aliphatic rings. The molecule has 2 N–H and O–H groups in total. The van der Waals surface area contributed by atoms with Crippen LogP contribution in [0.2, 0.25) is 0 Å². The van der Waals surface area contributed by atoms with Crippen molar-refractivity contribution in [3.05, 3.63) is 41.7 Å². The Morgan fingerprint density at radius 2 is 2.05 bits per heavy atom. The summed E-state index contributed by atoms with van der Waals surface area (Å²) in [6.07, 6.45) is 1.40. The fourth-order valence-electron chi connectivity index (χ4n) is 1.66. The molecule has 0 spiro atoms. The Bertz CT molecular complexity index is 652. The number of anilines is 1. The zero-order valence-electron chi connectivity index (χ0n) is 12.4. The lowest BCUT2D eigenvalue weighted by molar-refractivity contribution is -0.113. The first-order valence-electron chi connectivity index (χ1n) is 6.80. The number of imidazole rings is 1. The van der Waals surface area contributed by atoms with Crippen molar-refractivity contribution >= 4 is 29.3 Å². The van der Waals surface area contributed by atoms with E-state index in [9.17, 15) is 9.59 Å². The summed E-state index contributed by atoms with van der Waals surface area (Å²) in [6, 6.07) is 7.56. The number of nitrogens with one attached hydrogen (secondary N) is 2. The second kappa shape index (κ2) is 7.65. The standard InChI is InChI=1S/C15H17N3O3S/c1-3-21-14(20)12-8-16-15(18-12)22-9-13(19)17-11-6-4-10(2)5-7-11/h4-8H,3,9H2,1-2H3,(H,16,18)(H,17,19). The summed E-state index contributed by atoms with van der Waals surface area (Å²) in [4.78, 5) is 30.2. The highest BCUT2D eigenvalue weighted by Crippen LogP contribution is 2.15. The molecular formula is C15H17N3O3S. The lowest BCUT2D eigenvalue weighted by Gasteiger charge is -2.04. The number of benzene rings is 1. The van der Waals surface area contributed by atoms with Crippen molar-refractivity contribution in [1.29, 1.82) is 0 Å². The van der Waals surface area contributed by atoms with Crippen molar-refractivity contribution in [3.8, 4) is 0 Å². The SMILES string of the molecule is CCOC(=O)c1cnc(SCC(=O)Nc2ccc(C)cc2)[nH]1. The molecule has 1 aromatic heterocycles. The molecule has 2 rings (SSSR count). The van der Waals surface area contributed by atoms with Gasteiger partial charge in [0.2, 0.25) is 5.91 Å². The van der Waals surface area contributed by atoms with Crippen LogP contribution < -0.4 is 5.32 Å². The minimum absolute atomic E-state index is 0.136. The van der Waals surface area contributed by atoms with Crippen LogP contribution in [-0.4, -0.2) is 34.2 Å². The van der Waals surface area contributed by atoms with Crippen LogP contribution in [0.3, 0.4) is 0 Å². The van der Waals surface area contributed by atoms with Gasteiger partial charge in [-0.05, 0) is 26.0 Å². The van der Waals surface area contributed by atoms with E-state index in [0.717, 1.165) is 11.3 Å². The molecule has 1 amide bonds. The molecule has 6 nitrogen and oxygen atoms in total. The molecule has 1 heterocycles. The predicted octanol–water partition coefficient (Wildman–Crippen LogP) is 2.63. The maximum atomic E-state index is 11.8. The molecular weight excluding hydrogens is 302 g/mol. The Kier molecular flexibility index (Phi) is 5.60. The smallest absolute Gasteiger partial charge is 0.356 e. The number of amides is 1. The number of ether oxygens (including phenoxy) is 1. The minimum atomic E-state index is -0.453. The van der Waals surface area contributed by atoms with Gasteiger partial charge in [0.15, 0.2) is 5.16 Å². The highest BCUT2D eigenvalue weighted by molar-refractivity contribution is 7.99. The van der Waals surface area contributed by atoms with Crippen molar-refractivity contribution < 1.29 is 14.3 Å². The van der Waals surface area contributed by atoms with Gasteiger partial charge in [0.1, 0.15) is 5.69 Å². The molecule has 116 valence electrons. The van der Waals surface area contributed by atoms with E-state index in [0.29, 0.717) is 11.8 Å². The van der Waals surface area contributed by atoms with Gasteiger partial charge in [-0.1, -0.05) is 29.5 Å². The van der Waals surface area contributed by atoms with Gasteiger partial charge in [-0.15, -0.1) is 0 Å². The highest BCUT2D eigenvalue weighted by atomic mass is 32.2. The van der Waals surface area contributed by atoms with Gasteiger partial charge in [-0.25, -0.2) is 9.78 Å². The number of esters is 1. The van der Waals surface area contributed by atoms with Crippen LogP contribution in [-0.2, 0) is 9.53 Å². The van der Waals surface area contributed by atoms with Crippen LogP contribution in [0.1, 0.15) is 23.0 Å². The number of H-pyrrole nitrogens is 1. The van der Waals surface area contributed by atoms with Crippen LogP contribution >= 0.6 is 11.8 Å². The molecule has 0 aliphatic carbocycles. The molecule has 22 heavy (non-hydrogen) atoms. The van der Waals surface area contributed by atoms with Crippen molar-refractivity contribution in [2.24, 2.45) is 0 Å². The van der Waals surface area contributed by atoms with Gasteiger partial charge in [0, 0.05) is 5.69 Å². The van der Waals surface area contributed by atoms with E-state index < -0.39 is 5.97 Å². The fraction of sp³-hybridized carbons (Fsp3) is 0.267. The number of nitrogens with zero attached hydrogens (tertiary/aromatic N) is 1. The molecule has 7 heteroatoms. The van der Waals surface area contributed by atoms with Crippen molar-refractivity contribution in [2.75, 3.05) is 17.7 Å². The lowest BCUT2D eigenvalue weighted by Crippen LogP contribution is -2.14. The van der Waals surface area contributed by atoms with E-state index in [2.05, 4.69) is 15.3 Å².